The number of benzene rings is 2. The summed E-state index contributed by atoms with van der Waals surface area (Å²) in [4.78, 5) is 0. The molecule has 0 aromatic heterocycles. The van der Waals surface area contributed by atoms with Gasteiger partial charge in [-0.15, -0.1) is 0 Å². The highest BCUT2D eigenvalue weighted by molar-refractivity contribution is 5.47. The number of rotatable bonds is 10. The topological polar surface area (TPSA) is 30.5 Å². The highest BCUT2D eigenvalue weighted by Crippen LogP contribution is 2.18. The van der Waals surface area contributed by atoms with Crippen LogP contribution in [0, 0.1) is 11.8 Å². The zero-order valence-electron chi connectivity index (χ0n) is 15.9. The Morgan fingerprint density at radius 1 is 0.760 bits per heavy atom. The van der Waals surface area contributed by atoms with Crippen LogP contribution < -0.4 is 14.8 Å². The summed E-state index contributed by atoms with van der Waals surface area (Å²) in [5.74, 6) is 3.07. The smallest absolute Gasteiger partial charge is 0.119 e. The molecule has 0 fully saturated rings. The van der Waals surface area contributed by atoms with Crippen LogP contribution in [0.5, 0.6) is 11.5 Å². The van der Waals surface area contributed by atoms with Crippen molar-refractivity contribution in [2.24, 2.45) is 11.8 Å². The van der Waals surface area contributed by atoms with Gasteiger partial charge in [-0.3, -0.25) is 0 Å². The fourth-order valence-corrected chi connectivity index (χ4v) is 2.25. The molecule has 0 heterocycles. The van der Waals surface area contributed by atoms with Crippen LogP contribution in [0.2, 0.25) is 0 Å². The molecule has 0 radical (unpaired) electrons. The van der Waals surface area contributed by atoms with Gasteiger partial charge >= 0.3 is 0 Å². The van der Waals surface area contributed by atoms with Crippen molar-refractivity contribution in [1.82, 2.24) is 0 Å². The lowest BCUT2D eigenvalue weighted by atomic mass is 10.1. The summed E-state index contributed by atoms with van der Waals surface area (Å²) in [7, 11) is 0. The molecule has 3 heteroatoms. The van der Waals surface area contributed by atoms with E-state index in [0.29, 0.717) is 11.8 Å². The van der Waals surface area contributed by atoms with Crippen LogP contribution >= 0.6 is 0 Å². The summed E-state index contributed by atoms with van der Waals surface area (Å²) in [6.07, 6.45) is 1.08. The highest BCUT2D eigenvalue weighted by atomic mass is 16.5. The monoisotopic (exact) mass is 341 g/mol. The molecule has 2 aromatic carbocycles. The third kappa shape index (κ3) is 7.51. The molecule has 0 amide bonds. The lowest BCUT2D eigenvalue weighted by Crippen LogP contribution is -2.04. The van der Waals surface area contributed by atoms with E-state index in [1.807, 2.05) is 24.3 Å². The molecule has 0 saturated heterocycles. The molecule has 0 unspecified atom stereocenters. The van der Waals surface area contributed by atoms with E-state index >= 15 is 0 Å². The van der Waals surface area contributed by atoms with Crippen molar-refractivity contribution in [3.05, 3.63) is 54.1 Å². The Kier molecular flexibility index (Phi) is 7.65. The molecule has 0 bridgehead atoms. The molecule has 0 atom stereocenters. The van der Waals surface area contributed by atoms with Gasteiger partial charge in [0.05, 0.1) is 13.2 Å². The molecule has 2 rings (SSSR count). The van der Waals surface area contributed by atoms with E-state index < -0.39 is 0 Å². The molecule has 136 valence electrons. The van der Waals surface area contributed by atoms with Crippen LogP contribution in [0.15, 0.2) is 48.5 Å². The number of anilines is 1. The van der Waals surface area contributed by atoms with Crippen molar-refractivity contribution in [3.63, 3.8) is 0 Å². The van der Waals surface area contributed by atoms with E-state index in [2.05, 4.69) is 57.3 Å². The molecule has 3 nitrogen and oxygen atoms in total. The summed E-state index contributed by atoms with van der Waals surface area (Å²) >= 11 is 0. The van der Waals surface area contributed by atoms with Crippen molar-refractivity contribution < 1.29 is 9.47 Å². The average molecular weight is 341 g/mol. The zero-order chi connectivity index (χ0) is 18.1. The third-order valence-corrected chi connectivity index (χ3v) is 3.82. The van der Waals surface area contributed by atoms with Gasteiger partial charge in [0.2, 0.25) is 0 Å². The average Bonchev–Trinajstić information content (AvgIpc) is 2.60. The Bertz CT molecular complexity index is 603. The first-order chi connectivity index (χ1) is 12.0. The first-order valence-corrected chi connectivity index (χ1v) is 9.21. The molecule has 2 aromatic rings. The van der Waals surface area contributed by atoms with E-state index in [4.69, 9.17) is 9.47 Å². The van der Waals surface area contributed by atoms with E-state index in [-0.39, 0.29) is 0 Å². The molecule has 0 aliphatic carbocycles. The predicted octanol–water partition coefficient (Wildman–Crippen LogP) is 5.76. The van der Waals surface area contributed by atoms with Crippen molar-refractivity contribution in [1.29, 1.82) is 0 Å². The third-order valence-electron chi connectivity index (χ3n) is 3.82. The molecule has 0 spiro atoms. The van der Waals surface area contributed by atoms with E-state index in [0.717, 1.165) is 43.4 Å². The van der Waals surface area contributed by atoms with Gasteiger partial charge in [0.15, 0.2) is 0 Å². The van der Waals surface area contributed by atoms with Gasteiger partial charge in [-0.2, -0.15) is 0 Å². The minimum Gasteiger partial charge on any atom is -0.494 e. The van der Waals surface area contributed by atoms with Crippen molar-refractivity contribution >= 4 is 5.69 Å². The maximum absolute atomic E-state index is 5.75. The van der Waals surface area contributed by atoms with Crippen LogP contribution in [0.3, 0.4) is 0 Å². The fourth-order valence-electron chi connectivity index (χ4n) is 2.25. The van der Waals surface area contributed by atoms with Gasteiger partial charge in [-0.1, -0.05) is 39.8 Å². The highest BCUT2D eigenvalue weighted by Gasteiger charge is 2.00. The maximum atomic E-state index is 5.75. The Morgan fingerprint density at radius 3 is 1.96 bits per heavy atom. The van der Waals surface area contributed by atoms with E-state index in [1.54, 1.807) is 0 Å². The number of ether oxygens (including phenoxy) is 2. The lowest BCUT2D eigenvalue weighted by Gasteiger charge is -2.11. The van der Waals surface area contributed by atoms with Gasteiger partial charge < -0.3 is 14.8 Å². The SMILES string of the molecule is CC(C)CCOc1ccc(NCc2ccc(OCC(C)C)cc2)cc1. The quantitative estimate of drug-likeness (QED) is 0.596. The maximum Gasteiger partial charge on any atom is 0.119 e. The Hall–Kier alpha value is -2.16. The largest absolute Gasteiger partial charge is 0.494 e. The Balaban J connectivity index is 1.77. The molecule has 25 heavy (non-hydrogen) atoms. The summed E-state index contributed by atoms with van der Waals surface area (Å²) in [5, 5.41) is 3.44. The van der Waals surface area contributed by atoms with Gasteiger partial charge in [0.25, 0.3) is 0 Å². The van der Waals surface area contributed by atoms with E-state index in [9.17, 15) is 0 Å². The molecule has 0 aliphatic heterocycles. The first kappa shape index (κ1) is 19.2. The second kappa shape index (κ2) is 9.97. The summed E-state index contributed by atoms with van der Waals surface area (Å²) < 4.78 is 11.5. The normalized spacial score (nSPS) is 11.0. The minimum atomic E-state index is 0.540. The molecule has 0 aliphatic rings. The summed E-state index contributed by atoms with van der Waals surface area (Å²) in [6.45, 7) is 11.0. The van der Waals surface area contributed by atoms with Crippen LogP contribution in [-0.2, 0) is 6.54 Å². The van der Waals surface area contributed by atoms with Gasteiger partial charge in [0, 0.05) is 12.2 Å². The fraction of sp³-hybridized carbons (Fsp3) is 0.455. The first-order valence-electron chi connectivity index (χ1n) is 9.21. The van der Waals surface area contributed by atoms with Gasteiger partial charge in [0.1, 0.15) is 11.5 Å². The Labute approximate surface area is 152 Å². The van der Waals surface area contributed by atoms with Crippen molar-refractivity contribution in [2.75, 3.05) is 18.5 Å². The molecular weight excluding hydrogens is 310 g/mol. The molecular formula is C22H31NO2. The number of hydrogen-bond acceptors (Lipinski definition) is 3. The number of hydrogen-bond donors (Lipinski definition) is 1. The van der Waals surface area contributed by atoms with Crippen molar-refractivity contribution in [3.8, 4) is 11.5 Å². The molecule has 1 N–H and O–H groups in total. The lowest BCUT2D eigenvalue weighted by molar-refractivity contribution is 0.271. The van der Waals surface area contributed by atoms with Crippen LogP contribution in [0.4, 0.5) is 5.69 Å². The zero-order valence-corrected chi connectivity index (χ0v) is 15.9. The number of nitrogens with one attached hydrogen (secondary N) is 1. The van der Waals surface area contributed by atoms with Gasteiger partial charge in [-0.25, -0.2) is 0 Å². The van der Waals surface area contributed by atoms with E-state index in [1.165, 1.54) is 5.56 Å². The summed E-state index contributed by atoms with van der Waals surface area (Å²) in [6, 6.07) is 16.4. The minimum absolute atomic E-state index is 0.540. The van der Waals surface area contributed by atoms with Crippen molar-refractivity contribution in [2.45, 2.75) is 40.7 Å². The van der Waals surface area contributed by atoms with Gasteiger partial charge in [-0.05, 0) is 60.2 Å². The van der Waals surface area contributed by atoms with Crippen LogP contribution in [-0.4, -0.2) is 13.2 Å². The molecule has 0 saturated carbocycles. The predicted molar refractivity (Wildman–Crippen MR) is 105 cm³/mol. The van der Waals surface area contributed by atoms with Crippen LogP contribution in [0.25, 0.3) is 0 Å². The Morgan fingerprint density at radius 2 is 1.36 bits per heavy atom. The second-order valence-electron chi connectivity index (χ2n) is 7.26. The standard InChI is InChI=1S/C22H31NO2/c1-17(2)13-14-24-21-11-7-20(8-12-21)23-15-19-5-9-22(10-6-19)25-16-18(3)4/h5-12,17-18,23H,13-16H2,1-4H3. The summed E-state index contributed by atoms with van der Waals surface area (Å²) in [5.41, 5.74) is 2.32. The second-order valence-corrected chi connectivity index (χ2v) is 7.26. The van der Waals surface area contributed by atoms with Crippen LogP contribution in [0.1, 0.15) is 39.7 Å².